The number of carbonyl (C=O) groups excluding carboxylic acids is 1. The third kappa shape index (κ3) is 4.03. The van der Waals surface area contributed by atoms with Gasteiger partial charge in [-0.1, -0.05) is 6.08 Å². The summed E-state index contributed by atoms with van der Waals surface area (Å²) in [5, 5.41) is 5.54. The molecule has 90 valence electrons. The van der Waals surface area contributed by atoms with Crippen LogP contribution < -0.4 is 10.6 Å². The lowest BCUT2D eigenvalue weighted by Crippen LogP contribution is -2.24. The number of carbonyl (C=O) groups is 1. The molecule has 1 saturated carbocycles. The fourth-order valence-corrected chi connectivity index (χ4v) is 2.12. The van der Waals surface area contributed by atoms with Crippen LogP contribution in [0.15, 0.2) is 30.5 Å². The molecule has 4 heteroatoms. The number of halogens is 1. The van der Waals surface area contributed by atoms with E-state index in [1.807, 2.05) is 31.2 Å². The zero-order chi connectivity index (χ0) is 12.3. The second kappa shape index (κ2) is 5.53. The minimum Gasteiger partial charge on any atom is -0.315 e. The van der Waals surface area contributed by atoms with Crippen molar-refractivity contribution in [2.45, 2.75) is 19.8 Å². The Hall–Kier alpha value is -1.04. The molecule has 0 spiro atoms. The lowest BCUT2D eigenvalue weighted by molar-refractivity contribution is 0.255. The average Bonchev–Trinajstić information content (AvgIpc) is 3.06. The Kier molecular flexibility index (Phi) is 4.04. The van der Waals surface area contributed by atoms with Crippen molar-refractivity contribution in [3.8, 4) is 0 Å². The van der Waals surface area contributed by atoms with Gasteiger partial charge in [0, 0.05) is 15.5 Å². The highest BCUT2D eigenvalue weighted by molar-refractivity contribution is 14.1. The summed E-state index contributed by atoms with van der Waals surface area (Å²) in [6.07, 6.45) is 6.27. The van der Waals surface area contributed by atoms with Crippen LogP contribution in [0.2, 0.25) is 0 Å². The number of urea groups is 1. The second-order valence-corrected chi connectivity index (χ2v) is 5.50. The van der Waals surface area contributed by atoms with E-state index in [4.69, 9.17) is 0 Å². The molecule has 1 aliphatic rings. The Labute approximate surface area is 115 Å². The van der Waals surface area contributed by atoms with E-state index in [-0.39, 0.29) is 6.03 Å². The van der Waals surface area contributed by atoms with Crippen LogP contribution in [0.5, 0.6) is 0 Å². The number of hydrogen-bond donors (Lipinski definition) is 2. The molecule has 1 aliphatic carbocycles. The normalized spacial score (nSPS) is 14.9. The van der Waals surface area contributed by atoms with Gasteiger partial charge in [-0.3, -0.25) is 0 Å². The van der Waals surface area contributed by atoms with Gasteiger partial charge in [0.2, 0.25) is 0 Å². The van der Waals surface area contributed by atoms with E-state index in [0.29, 0.717) is 5.92 Å². The molecule has 0 unspecified atom stereocenters. The highest BCUT2D eigenvalue weighted by Gasteiger charge is 2.17. The van der Waals surface area contributed by atoms with Gasteiger partial charge in [0.1, 0.15) is 0 Å². The van der Waals surface area contributed by atoms with Crippen molar-refractivity contribution in [2.75, 3.05) is 5.32 Å². The molecular formula is C13H15IN2O. The Morgan fingerprint density at radius 1 is 1.47 bits per heavy atom. The summed E-state index contributed by atoms with van der Waals surface area (Å²) < 4.78 is 1.17. The maximum Gasteiger partial charge on any atom is 0.323 e. The van der Waals surface area contributed by atoms with Gasteiger partial charge in [0.05, 0.1) is 0 Å². The van der Waals surface area contributed by atoms with Crippen LogP contribution in [0.4, 0.5) is 10.5 Å². The molecule has 0 bridgehead atoms. The van der Waals surface area contributed by atoms with Gasteiger partial charge in [-0.15, -0.1) is 0 Å². The summed E-state index contributed by atoms with van der Waals surface area (Å²) in [7, 11) is 0. The van der Waals surface area contributed by atoms with E-state index in [1.54, 1.807) is 6.20 Å². The summed E-state index contributed by atoms with van der Waals surface area (Å²) in [6, 6.07) is 5.74. The number of allylic oxidation sites excluding steroid dienone is 1. The molecule has 2 N–H and O–H groups in total. The van der Waals surface area contributed by atoms with Gasteiger partial charge >= 0.3 is 6.03 Å². The monoisotopic (exact) mass is 342 g/mol. The molecule has 0 radical (unpaired) electrons. The summed E-state index contributed by atoms with van der Waals surface area (Å²) in [5.41, 5.74) is 1.92. The summed E-state index contributed by atoms with van der Waals surface area (Å²) >= 11 is 2.25. The first-order valence-electron chi connectivity index (χ1n) is 5.65. The molecule has 1 aromatic carbocycles. The van der Waals surface area contributed by atoms with Crippen molar-refractivity contribution >= 4 is 34.3 Å². The molecule has 17 heavy (non-hydrogen) atoms. The van der Waals surface area contributed by atoms with Crippen LogP contribution >= 0.6 is 22.6 Å². The fraction of sp³-hybridized carbons (Fsp3) is 0.308. The molecule has 2 amide bonds. The Balaban J connectivity index is 1.88. The molecule has 0 aromatic heterocycles. The van der Waals surface area contributed by atoms with Crippen LogP contribution in [0, 0.1) is 16.4 Å². The van der Waals surface area contributed by atoms with Gasteiger partial charge in [0.15, 0.2) is 0 Å². The highest BCUT2D eigenvalue weighted by Crippen LogP contribution is 2.29. The van der Waals surface area contributed by atoms with Gasteiger partial charge < -0.3 is 10.6 Å². The molecule has 1 fully saturated rings. The van der Waals surface area contributed by atoms with Gasteiger partial charge in [-0.2, -0.15) is 0 Å². The lowest BCUT2D eigenvalue weighted by Gasteiger charge is -2.08. The van der Waals surface area contributed by atoms with Crippen molar-refractivity contribution in [1.82, 2.24) is 5.32 Å². The number of nitrogens with one attached hydrogen (secondary N) is 2. The first-order valence-corrected chi connectivity index (χ1v) is 6.73. The zero-order valence-corrected chi connectivity index (χ0v) is 11.8. The molecule has 2 rings (SSSR count). The van der Waals surface area contributed by atoms with Crippen LogP contribution in [-0.4, -0.2) is 6.03 Å². The van der Waals surface area contributed by atoms with E-state index in [9.17, 15) is 4.79 Å². The summed E-state index contributed by atoms with van der Waals surface area (Å²) in [6.45, 7) is 1.98. The number of aryl methyl sites for hydroxylation is 1. The van der Waals surface area contributed by atoms with Gasteiger partial charge in [-0.05, 0) is 72.0 Å². The van der Waals surface area contributed by atoms with E-state index < -0.39 is 0 Å². The minimum atomic E-state index is -0.189. The molecular weight excluding hydrogens is 327 g/mol. The molecule has 0 aliphatic heterocycles. The standard InChI is InChI=1S/C13H15IN2O/c1-9-8-11(14)4-5-12(9)16-13(17)15-7-6-10-2-3-10/h4-8,10H,2-3H2,1H3,(H2,15,16,17)/b7-6+. The first-order chi connectivity index (χ1) is 8.15. The van der Waals surface area contributed by atoms with E-state index in [0.717, 1.165) is 11.3 Å². The van der Waals surface area contributed by atoms with Crippen molar-refractivity contribution in [3.05, 3.63) is 39.6 Å². The molecule has 3 nitrogen and oxygen atoms in total. The van der Waals surface area contributed by atoms with E-state index in [1.165, 1.54) is 16.4 Å². The quantitative estimate of drug-likeness (QED) is 0.809. The van der Waals surface area contributed by atoms with Gasteiger partial charge in [-0.25, -0.2) is 4.79 Å². The van der Waals surface area contributed by atoms with Crippen LogP contribution in [0.25, 0.3) is 0 Å². The topological polar surface area (TPSA) is 41.1 Å². The molecule has 1 aromatic rings. The third-order valence-corrected chi connectivity index (χ3v) is 3.31. The second-order valence-electron chi connectivity index (χ2n) is 4.25. The Morgan fingerprint density at radius 3 is 2.88 bits per heavy atom. The van der Waals surface area contributed by atoms with Crippen molar-refractivity contribution in [3.63, 3.8) is 0 Å². The Morgan fingerprint density at radius 2 is 2.24 bits per heavy atom. The largest absolute Gasteiger partial charge is 0.323 e. The smallest absolute Gasteiger partial charge is 0.315 e. The van der Waals surface area contributed by atoms with Crippen molar-refractivity contribution in [1.29, 1.82) is 0 Å². The number of anilines is 1. The first kappa shape index (κ1) is 12.4. The zero-order valence-electron chi connectivity index (χ0n) is 9.66. The minimum absolute atomic E-state index is 0.189. The number of hydrogen-bond acceptors (Lipinski definition) is 1. The molecule has 0 heterocycles. The molecule has 0 atom stereocenters. The van der Waals surface area contributed by atoms with E-state index in [2.05, 4.69) is 33.2 Å². The summed E-state index contributed by atoms with van der Waals surface area (Å²) in [4.78, 5) is 11.6. The average molecular weight is 342 g/mol. The number of amides is 2. The fourth-order valence-electron chi connectivity index (χ4n) is 1.47. The van der Waals surface area contributed by atoms with Crippen LogP contribution in [0.3, 0.4) is 0 Å². The maximum atomic E-state index is 11.6. The van der Waals surface area contributed by atoms with Crippen LogP contribution in [-0.2, 0) is 0 Å². The number of benzene rings is 1. The summed E-state index contributed by atoms with van der Waals surface area (Å²) in [5.74, 6) is 0.676. The van der Waals surface area contributed by atoms with Crippen LogP contribution in [0.1, 0.15) is 18.4 Å². The highest BCUT2D eigenvalue weighted by atomic mass is 127. The van der Waals surface area contributed by atoms with Gasteiger partial charge in [0.25, 0.3) is 0 Å². The predicted molar refractivity (Wildman–Crippen MR) is 77.9 cm³/mol. The predicted octanol–water partition coefficient (Wildman–Crippen LogP) is 3.64. The maximum absolute atomic E-state index is 11.6. The molecule has 0 saturated heterocycles. The SMILES string of the molecule is Cc1cc(I)ccc1NC(=O)N/C=C/C1CC1. The van der Waals surface area contributed by atoms with E-state index >= 15 is 0 Å². The Bertz CT molecular complexity index is 453. The lowest BCUT2D eigenvalue weighted by atomic mass is 10.2. The third-order valence-electron chi connectivity index (χ3n) is 2.64. The number of rotatable bonds is 3. The van der Waals surface area contributed by atoms with Crippen molar-refractivity contribution in [2.24, 2.45) is 5.92 Å². The van der Waals surface area contributed by atoms with Crippen molar-refractivity contribution < 1.29 is 4.79 Å².